The molecule has 2 amide bonds. The maximum absolute atomic E-state index is 12.2. The van der Waals surface area contributed by atoms with Gasteiger partial charge in [-0.05, 0) is 35.2 Å². The van der Waals surface area contributed by atoms with Crippen molar-refractivity contribution in [2.45, 2.75) is 26.2 Å². The molecular formula is C20H22N2O4. The minimum Gasteiger partial charge on any atom is -0.480 e. The highest BCUT2D eigenvalue weighted by atomic mass is 16.4. The molecule has 0 spiro atoms. The molecule has 2 aromatic rings. The van der Waals surface area contributed by atoms with Crippen molar-refractivity contribution in [1.29, 1.82) is 0 Å². The van der Waals surface area contributed by atoms with Gasteiger partial charge in [-0.3, -0.25) is 14.4 Å². The number of carboxylic acid groups (broad SMARTS) is 1. The molecular weight excluding hydrogens is 332 g/mol. The van der Waals surface area contributed by atoms with Gasteiger partial charge in [-0.1, -0.05) is 43.3 Å². The summed E-state index contributed by atoms with van der Waals surface area (Å²) < 4.78 is 0. The van der Waals surface area contributed by atoms with Gasteiger partial charge < -0.3 is 15.7 Å². The fourth-order valence-electron chi connectivity index (χ4n) is 2.58. The van der Waals surface area contributed by atoms with Crippen molar-refractivity contribution in [3.8, 4) is 0 Å². The fraction of sp³-hybridized carbons (Fsp3) is 0.250. The number of aryl methyl sites for hydroxylation is 1. The van der Waals surface area contributed by atoms with Crippen molar-refractivity contribution in [3.05, 3.63) is 65.2 Å². The van der Waals surface area contributed by atoms with E-state index in [1.165, 1.54) is 0 Å². The van der Waals surface area contributed by atoms with E-state index in [4.69, 9.17) is 5.11 Å². The zero-order valence-corrected chi connectivity index (χ0v) is 14.6. The van der Waals surface area contributed by atoms with Crippen molar-refractivity contribution in [3.63, 3.8) is 0 Å². The van der Waals surface area contributed by atoms with Crippen LogP contribution in [0.5, 0.6) is 0 Å². The lowest BCUT2D eigenvalue weighted by Crippen LogP contribution is -2.30. The van der Waals surface area contributed by atoms with Crippen molar-refractivity contribution in [2.24, 2.45) is 0 Å². The Balaban J connectivity index is 1.89. The Morgan fingerprint density at radius 2 is 1.54 bits per heavy atom. The molecule has 0 bridgehead atoms. The predicted octanol–water partition coefficient (Wildman–Crippen LogP) is 2.17. The first-order valence-electron chi connectivity index (χ1n) is 8.42. The van der Waals surface area contributed by atoms with Crippen LogP contribution in [0.3, 0.4) is 0 Å². The second-order valence-electron chi connectivity index (χ2n) is 5.89. The summed E-state index contributed by atoms with van der Waals surface area (Å²) in [6.45, 7) is 1.66. The van der Waals surface area contributed by atoms with Crippen molar-refractivity contribution in [2.75, 3.05) is 11.9 Å². The molecule has 2 rings (SSSR count). The molecule has 6 heteroatoms. The van der Waals surface area contributed by atoms with Crippen molar-refractivity contribution in [1.82, 2.24) is 5.32 Å². The smallest absolute Gasteiger partial charge is 0.322 e. The van der Waals surface area contributed by atoms with Crippen LogP contribution in [0.4, 0.5) is 5.69 Å². The van der Waals surface area contributed by atoms with Gasteiger partial charge in [0, 0.05) is 5.69 Å². The number of hydrogen-bond acceptors (Lipinski definition) is 3. The largest absolute Gasteiger partial charge is 0.480 e. The Hall–Kier alpha value is -3.15. The summed E-state index contributed by atoms with van der Waals surface area (Å²) in [5, 5.41) is 13.7. The summed E-state index contributed by atoms with van der Waals surface area (Å²) in [6, 6.07) is 14.8. The molecule has 136 valence electrons. The number of hydrogen-bond donors (Lipinski definition) is 3. The van der Waals surface area contributed by atoms with Gasteiger partial charge in [0.15, 0.2) is 0 Å². The van der Waals surface area contributed by atoms with E-state index in [-0.39, 0.29) is 18.2 Å². The third-order valence-corrected chi connectivity index (χ3v) is 3.89. The summed E-state index contributed by atoms with van der Waals surface area (Å²) in [5.41, 5.74) is 3.56. The van der Waals surface area contributed by atoms with Crippen LogP contribution in [-0.2, 0) is 33.6 Å². The number of anilines is 1. The Labute approximate surface area is 152 Å². The van der Waals surface area contributed by atoms with Crippen LogP contribution < -0.4 is 10.6 Å². The Morgan fingerprint density at radius 1 is 0.885 bits per heavy atom. The zero-order valence-electron chi connectivity index (χ0n) is 14.6. The van der Waals surface area contributed by atoms with Crippen LogP contribution in [0.25, 0.3) is 0 Å². The van der Waals surface area contributed by atoms with E-state index >= 15 is 0 Å². The molecule has 0 unspecified atom stereocenters. The summed E-state index contributed by atoms with van der Waals surface area (Å²) >= 11 is 0. The topological polar surface area (TPSA) is 95.5 Å². The molecule has 2 aromatic carbocycles. The van der Waals surface area contributed by atoms with Crippen molar-refractivity contribution < 1.29 is 19.5 Å². The molecule has 3 N–H and O–H groups in total. The van der Waals surface area contributed by atoms with Gasteiger partial charge in [-0.25, -0.2) is 0 Å². The number of carbonyl (C=O) groups is 3. The van der Waals surface area contributed by atoms with Gasteiger partial charge in [0.1, 0.15) is 6.54 Å². The van der Waals surface area contributed by atoms with E-state index in [0.29, 0.717) is 12.1 Å². The first kappa shape index (κ1) is 19.2. The molecule has 0 saturated heterocycles. The van der Waals surface area contributed by atoms with E-state index in [2.05, 4.69) is 17.6 Å². The van der Waals surface area contributed by atoms with Crippen LogP contribution in [-0.4, -0.2) is 29.4 Å². The third kappa shape index (κ3) is 6.05. The average Bonchev–Trinajstić information content (AvgIpc) is 2.62. The summed E-state index contributed by atoms with van der Waals surface area (Å²) in [5.74, 6) is -1.54. The Morgan fingerprint density at radius 3 is 2.15 bits per heavy atom. The molecule has 0 heterocycles. The SMILES string of the molecule is CCc1ccccc1CC(=O)Nc1ccc(CC(=O)NCC(=O)O)cc1. The monoisotopic (exact) mass is 354 g/mol. The number of carboxylic acids is 1. The van der Waals surface area contributed by atoms with Crippen molar-refractivity contribution >= 4 is 23.5 Å². The summed E-state index contributed by atoms with van der Waals surface area (Å²) in [6.07, 6.45) is 1.27. The second-order valence-corrected chi connectivity index (χ2v) is 5.89. The Bertz CT molecular complexity index is 785. The lowest BCUT2D eigenvalue weighted by atomic mass is 10.0. The predicted molar refractivity (Wildman–Crippen MR) is 98.9 cm³/mol. The van der Waals surface area contributed by atoms with E-state index in [1.807, 2.05) is 24.3 Å². The standard InChI is InChI=1S/C20H22N2O4/c1-2-15-5-3-4-6-16(15)12-19(24)22-17-9-7-14(8-10-17)11-18(23)21-13-20(25)26/h3-10H,2,11-13H2,1H3,(H,21,23)(H,22,24)(H,25,26). The molecule has 0 aliphatic heterocycles. The van der Waals surface area contributed by atoms with E-state index in [1.54, 1.807) is 24.3 Å². The van der Waals surface area contributed by atoms with Gasteiger partial charge in [0.25, 0.3) is 0 Å². The molecule has 0 fully saturated rings. The molecule has 0 radical (unpaired) electrons. The molecule has 0 saturated carbocycles. The van der Waals surface area contributed by atoms with E-state index in [9.17, 15) is 14.4 Å². The van der Waals surface area contributed by atoms with Gasteiger partial charge in [-0.15, -0.1) is 0 Å². The summed E-state index contributed by atoms with van der Waals surface area (Å²) in [7, 11) is 0. The minimum absolute atomic E-state index is 0.0887. The van der Waals surface area contributed by atoms with E-state index < -0.39 is 12.5 Å². The third-order valence-electron chi connectivity index (χ3n) is 3.89. The first-order valence-corrected chi connectivity index (χ1v) is 8.42. The lowest BCUT2D eigenvalue weighted by Gasteiger charge is -2.09. The maximum Gasteiger partial charge on any atom is 0.322 e. The quantitative estimate of drug-likeness (QED) is 0.677. The van der Waals surface area contributed by atoms with Crippen LogP contribution in [0.2, 0.25) is 0 Å². The molecule has 26 heavy (non-hydrogen) atoms. The average molecular weight is 354 g/mol. The molecule has 6 nitrogen and oxygen atoms in total. The Kier molecular flexibility index (Phi) is 6.91. The normalized spacial score (nSPS) is 10.2. The van der Waals surface area contributed by atoms with E-state index in [0.717, 1.165) is 23.1 Å². The van der Waals surface area contributed by atoms with Gasteiger partial charge >= 0.3 is 5.97 Å². The van der Waals surface area contributed by atoms with Gasteiger partial charge in [-0.2, -0.15) is 0 Å². The van der Waals surface area contributed by atoms with Gasteiger partial charge in [0.05, 0.1) is 12.8 Å². The molecule has 0 aliphatic rings. The molecule has 0 aromatic heterocycles. The minimum atomic E-state index is -1.08. The maximum atomic E-state index is 12.2. The van der Waals surface area contributed by atoms with Gasteiger partial charge in [0.2, 0.25) is 11.8 Å². The first-order chi connectivity index (χ1) is 12.5. The van der Waals surface area contributed by atoms with Crippen LogP contribution >= 0.6 is 0 Å². The van der Waals surface area contributed by atoms with Crippen LogP contribution in [0, 0.1) is 0 Å². The number of nitrogens with one attached hydrogen (secondary N) is 2. The zero-order chi connectivity index (χ0) is 18.9. The van der Waals surface area contributed by atoms with Crippen LogP contribution in [0.1, 0.15) is 23.6 Å². The highest BCUT2D eigenvalue weighted by molar-refractivity contribution is 5.92. The number of aliphatic carboxylic acids is 1. The highest BCUT2D eigenvalue weighted by Gasteiger charge is 2.08. The summed E-state index contributed by atoms with van der Waals surface area (Å²) in [4.78, 5) is 34.2. The second kappa shape index (κ2) is 9.36. The number of benzene rings is 2. The molecule has 0 aliphatic carbocycles. The van der Waals surface area contributed by atoms with Crippen LogP contribution in [0.15, 0.2) is 48.5 Å². The fourth-order valence-corrected chi connectivity index (χ4v) is 2.58. The lowest BCUT2D eigenvalue weighted by molar-refractivity contribution is -0.137. The number of rotatable bonds is 8. The number of carbonyl (C=O) groups excluding carboxylic acids is 2. The number of amides is 2. The highest BCUT2D eigenvalue weighted by Crippen LogP contribution is 2.13. The molecule has 0 atom stereocenters.